The molecule has 13 heavy (non-hydrogen) atoms. The fourth-order valence-corrected chi connectivity index (χ4v) is 1.66. The molecule has 5 heteroatoms. The maximum atomic E-state index is 10.5. The number of hydrogen-bond donors (Lipinski definition) is 2. The fraction of sp³-hybridized carbons (Fsp3) is 0.500. The van der Waals surface area contributed by atoms with E-state index in [-0.39, 0.29) is 0 Å². The van der Waals surface area contributed by atoms with Crippen LogP contribution < -0.4 is 5.73 Å². The quantitative estimate of drug-likeness (QED) is 0.753. The van der Waals surface area contributed by atoms with Crippen molar-refractivity contribution in [1.82, 2.24) is 4.37 Å². The van der Waals surface area contributed by atoms with E-state index in [4.69, 9.17) is 10.8 Å². The Kier molecular flexibility index (Phi) is 3.00. The van der Waals surface area contributed by atoms with Crippen molar-refractivity contribution in [3.05, 3.63) is 16.1 Å². The number of aromatic nitrogens is 1. The van der Waals surface area contributed by atoms with E-state index in [1.807, 2.05) is 13.8 Å². The van der Waals surface area contributed by atoms with Crippen LogP contribution in [-0.2, 0) is 11.2 Å². The van der Waals surface area contributed by atoms with Crippen LogP contribution in [0.25, 0.3) is 0 Å². The van der Waals surface area contributed by atoms with E-state index in [9.17, 15) is 4.79 Å². The van der Waals surface area contributed by atoms with Crippen molar-refractivity contribution in [2.24, 2.45) is 5.73 Å². The van der Waals surface area contributed by atoms with Gasteiger partial charge in [-0.25, -0.2) is 0 Å². The Hall–Kier alpha value is -0.940. The van der Waals surface area contributed by atoms with Gasteiger partial charge in [0.05, 0.1) is 5.69 Å². The molecule has 0 fully saturated rings. The maximum absolute atomic E-state index is 10.5. The lowest BCUT2D eigenvalue weighted by Crippen LogP contribution is -2.32. The van der Waals surface area contributed by atoms with Crippen molar-refractivity contribution >= 4 is 17.5 Å². The van der Waals surface area contributed by atoms with E-state index in [1.165, 1.54) is 11.5 Å². The summed E-state index contributed by atoms with van der Waals surface area (Å²) < 4.78 is 4.14. The van der Waals surface area contributed by atoms with Gasteiger partial charge in [-0.2, -0.15) is 4.37 Å². The zero-order chi connectivity index (χ0) is 10.0. The Morgan fingerprint density at radius 3 is 2.69 bits per heavy atom. The molecule has 1 aromatic heterocycles. The molecule has 0 radical (unpaired) electrons. The smallest absolute Gasteiger partial charge is 0.320 e. The number of nitrogens with two attached hydrogens (primary N) is 1. The van der Waals surface area contributed by atoms with Gasteiger partial charge >= 0.3 is 5.97 Å². The molecule has 1 heterocycles. The van der Waals surface area contributed by atoms with Crippen LogP contribution in [-0.4, -0.2) is 21.5 Å². The Bertz CT molecular complexity index is 322. The SMILES string of the molecule is Cc1snc(CC(N)C(=O)O)c1C. The minimum atomic E-state index is -0.981. The Morgan fingerprint density at radius 1 is 1.69 bits per heavy atom. The Labute approximate surface area is 80.6 Å². The summed E-state index contributed by atoms with van der Waals surface area (Å²) in [5.41, 5.74) is 7.25. The van der Waals surface area contributed by atoms with Crippen LogP contribution in [0.5, 0.6) is 0 Å². The molecule has 0 aliphatic rings. The summed E-state index contributed by atoms with van der Waals surface area (Å²) in [4.78, 5) is 11.6. The highest BCUT2D eigenvalue weighted by molar-refractivity contribution is 7.05. The number of hydrogen-bond acceptors (Lipinski definition) is 4. The zero-order valence-electron chi connectivity index (χ0n) is 7.57. The third kappa shape index (κ3) is 2.26. The maximum Gasteiger partial charge on any atom is 0.320 e. The van der Waals surface area contributed by atoms with E-state index in [2.05, 4.69) is 4.37 Å². The van der Waals surface area contributed by atoms with Crippen molar-refractivity contribution in [2.75, 3.05) is 0 Å². The van der Waals surface area contributed by atoms with Crippen LogP contribution in [0.15, 0.2) is 0 Å². The first-order valence-corrected chi connectivity index (χ1v) is 4.70. The van der Waals surface area contributed by atoms with Gasteiger partial charge < -0.3 is 10.8 Å². The number of carbonyl (C=O) groups is 1. The highest BCUT2D eigenvalue weighted by atomic mass is 32.1. The van der Waals surface area contributed by atoms with Gasteiger partial charge in [-0.3, -0.25) is 4.79 Å². The predicted molar refractivity (Wildman–Crippen MR) is 50.9 cm³/mol. The van der Waals surface area contributed by atoms with Crippen LogP contribution in [0.3, 0.4) is 0 Å². The molecule has 0 aliphatic carbocycles. The van der Waals surface area contributed by atoms with Crippen LogP contribution in [0.4, 0.5) is 0 Å². The van der Waals surface area contributed by atoms with E-state index in [0.717, 1.165) is 16.1 Å². The third-order valence-corrected chi connectivity index (χ3v) is 2.88. The van der Waals surface area contributed by atoms with Crippen LogP contribution in [0, 0.1) is 13.8 Å². The van der Waals surface area contributed by atoms with Gasteiger partial charge in [-0.05, 0) is 30.9 Å². The van der Waals surface area contributed by atoms with Crippen molar-refractivity contribution in [3.8, 4) is 0 Å². The molecular formula is C8H12N2O2S. The predicted octanol–water partition coefficient (Wildman–Crippen LogP) is 0.714. The van der Waals surface area contributed by atoms with Gasteiger partial charge in [0.1, 0.15) is 6.04 Å². The molecule has 0 aliphatic heterocycles. The van der Waals surface area contributed by atoms with Crippen LogP contribution >= 0.6 is 11.5 Å². The average Bonchev–Trinajstić information content (AvgIpc) is 2.36. The molecule has 0 spiro atoms. The minimum Gasteiger partial charge on any atom is -0.480 e. The summed E-state index contributed by atoms with van der Waals surface area (Å²) in [7, 11) is 0. The molecule has 4 nitrogen and oxygen atoms in total. The van der Waals surface area contributed by atoms with E-state index in [0.29, 0.717) is 6.42 Å². The third-order valence-electron chi connectivity index (χ3n) is 1.98. The normalized spacial score (nSPS) is 12.8. The summed E-state index contributed by atoms with van der Waals surface area (Å²) in [5, 5.41) is 8.59. The summed E-state index contributed by atoms with van der Waals surface area (Å²) in [6.07, 6.45) is 0.311. The van der Waals surface area contributed by atoms with Gasteiger partial charge in [0.15, 0.2) is 0 Å². The molecule has 1 aromatic rings. The molecule has 0 aromatic carbocycles. The topological polar surface area (TPSA) is 76.2 Å². The largest absolute Gasteiger partial charge is 0.480 e. The lowest BCUT2D eigenvalue weighted by atomic mass is 10.1. The zero-order valence-corrected chi connectivity index (χ0v) is 8.39. The molecule has 0 amide bonds. The van der Waals surface area contributed by atoms with Gasteiger partial charge in [0, 0.05) is 11.3 Å². The molecule has 72 valence electrons. The average molecular weight is 200 g/mol. The summed E-state index contributed by atoms with van der Waals surface area (Å²) in [5.74, 6) is -0.981. The van der Waals surface area contributed by atoms with E-state index in [1.54, 1.807) is 0 Å². The van der Waals surface area contributed by atoms with Crippen molar-refractivity contribution < 1.29 is 9.90 Å². The molecular weight excluding hydrogens is 188 g/mol. The van der Waals surface area contributed by atoms with E-state index >= 15 is 0 Å². The highest BCUT2D eigenvalue weighted by Gasteiger charge is 2.16. The van der Waals surface area contributed by atoms with Gasteiger partial charge in [0.25, 0.3) is 0 Å². The number of rotatable bonds is 3. The number of aryl methyl sites for hydroxylation is 1. The number of aliphatic carboxylic acids is 1. The monoisotopic (exact) mass is 200 g/mol. The second-order valence-corrected chi connectivity index (χ2v) is 3.94. The first kappa shape index (κ1) is 10.1. The van der Waals surface area contributed by atoms with Gasteiger partial charge in [-0.15, -0.1) is 0 Å². The summed E-state index contributed by atoms with van der Waals surface area (Å²) >= 11 is 1.39. The molecule has 3 N–H and O–H groups in total. The number of carboxylic acid groups (broad SMARTS) is 1. The van der Waals surface area contributed by atoms with Crippen molar-refractivity contribution in [3.63, 3.8) is 0 Å². The van der Waals surface area contributed by atoms with Crippen molar-refractivity contribution in [1.29, 1.82) is 0 Å². The molecule has 0 saturated heterocycles. The molecule has 0 bridgehead atoms. The Balaban J connectivity index is 2.74. The van der Waals surface area contributed by atoms with E-state index < -0.39 is 12.0 Å². The lowest BCUT2D eigenvalue weighted by molar-refractivity contribution is -0.138. The second kappa shape index (κ2) is 3.85. The second-order valence-electron chi connectivity index (χ2n) is 2.96. The summed E-state index contributed by atoms with van der Waals surface area (Å²) in [6.45, 7) is 3.89. The lowest BCUT2D eigenvalue weighted by Gasteiger charge is -2.03. The summed E-state index contributed by atoms with van der Waals surface area (Å²) in [6, 6.07) is -0.847. The fourth-order valence-electron chi connectivity index (χ4n) is 0.950. The number of nitrogens with zero attached hydrogens (tertiary/aromatic N) is 1. The minimum absolute atomic E-state index is 0.311. The molecule has 0 saturated carbocycles. The standard InChI is InChI=1S/C8H12N2O2S/c1-4-5(2)13-10-7(4)3-6(9)8(11)12/h6H,3,9H2,1-2H3,(H,11,12). The van der Waals surface area contributed by atoms with Crippen molar-refractivity contribution in [2.45, 2.75) is 26.3 Å². The van der Waals surface area contributed by atoms with Gasteiger partial charge in [-0.1, -0.05) is 0 Å². The van der Waals surface area contributed by atoms with Crippen LogP contribution in [0.2, 0.25) is 0 Å². The molecule has 1 rings (SSSR count). The first-order chi connectivity index (χ1) is 6.02. The molecule has 1 atom stereocenters. The highest BCUT2D eigenvalue weighted by Crippen LogP contribution is 2.17. The Morgan fingerprint density at radius 2 is 2.31 bits per heavy atom. The number of carboxylic acids is 1. The molecule has 1 unspecified atom stereocenters. The van der Waals surface area contributed by atoms with Gasteiger partial charge in [0.2, 0.25) is 0 Å². The first-order valence-electron chi connectivity index (χ1n) is 3.92. The van der Waals surface area contributed by atoms with Crippen LogP contribution in [0.1, 0.15) is 16.1 Å².